The zero-order valence-corrected chi connectivity index (χ0v) is 14.6. The van der Waals surface area contributed by atoms with Crippen molar-refractivity contribution >= 4 is 23.4 Å². The second-order valence-electron chi connectivity index (χ2n) is 5.69. The van der Waals surface area contributed by atoms with E-state index in [1.807, 2.05) is 0 Å². The number of benzene rings is 1. The van der Waals surface area contributed by atoms with E-state index in [1.54, 1.807) is 36.3 Å². The van der Waals surface area contributed by atoms with Gasteiger partial charge in [-0.05, 0) is 31.0 Å². The first-order valence-electron chi connectivity index (χ1n) is 8.01. The van der Waals surface area contributed by atoms with Crippen LogP contribution in [-0.2, 0) is 14.3 Å². The minimum atomic E-state index is -0.134. The molecule has 0 radical (unpaired) electrons. The highest BCUT2D eigenvalue weighted by Gasteiger charge is 2.24. The van der Waals surface area contributed by atoms with Crippen LogP contribution in [0, 0.1) is 0 Å². The lowest BCUT2D eigenvalue weighted by Gasteiger charge is -2.32. The molecule has 0 aromatic heterocycles. The van der Waals surface area contributed by atoms with Gasteiger partial charge >= 0.3 is 0 Å². The van der Waals surface area contributed by atoms with E-state index in [4.69, 9.17) is 21.1 Å². The summed E-state index contributed by atoms with van der Waals surface area (Å²) in [6, 6.07) is 7.03. The second kappa shape index (κ2) is 9.61. The first kappa shape index (κ1) is 18.7. The molecule has 0 bridgehead atoms. The van der Waals surface area contributed by atoms with Crippen molar-refractivity contribution in [1.29, 1.82) is 0 Å². The molecule has 1 aliphatic rings. The van der Waals surface area contributed by atoms with Crippen molar-refractivity contribution in [1.82, 2.24) is 10.2 Å². The molecule has 7 heteroatoms. The number of ether oxygens (including phenoxy) is 2. The molecule has 2 amide bonds. The van der Waals surface area contributed by atoms with Gasteiger partial charge in [0, 0.05) is 36.8 Å². The number of carbonyl (C=O) groups excluding carboxylic acids is 2. The molecule has 2 rings (SSSR count). The molecule has 132 valence electrons. The number of likely N-dealkylation sites (tertiary alicyclic amines) is 1. The molecule has 1 saturated heterocycles. The summed E-state index contributed by atoms with van der Waals surface area (Å²) in [5.41, 5.74) is 0.594. The number of methoxy groups -OCH3 is 1. The molecule has 1 fully saturated rings. The topological polar surface area (TPSA) is 67.9 Å². The maximum atomic E-state index is 12.4. The van der Waals surface area contributed by atoms with E-state index in [0.29, 0.717) is 36.9 Å². The smallest absolute Gasteiger partial charge is 0.253 e. The van der Waals surface area contributed by atoms with Gasteiger partial charge in [0.05, 0.1) is 13.2 Å². The predicted molar refractivity (Wildman–Crippen MR) is 91.2 cm³/mol. The van der Waals surface area contributed by atoms with Crippen LogP contribution in [0.1, 0.15) is 23.2 Å². The third-order valence-corrected chi connectivity index (χ3v) is 4.12. The SMILES string of the molecule is COCCOCC(=O)NC1CCN(C(=O)c2cccc(Cl)c2)CC1. The van der Waals surface area contributed by atoms with Gasteiger partial charge in [0.2, 0.25) is 5.91 Å². The van der Waals surface area contributed by atoms with Crippen LogP contribution in [0.2, 0.25) is 5.02 Å². The van der Waals surface area contributed by atoms with Crippen molar-refractivity contribution in [3.8, 4) is 0 Å². The van der Waals surface area contributed by atoms with Gasteiger partial charge in [-0.1, -0.05) is 17.7 Å². The van der Waals surface area contributed by atoms with Crippen LogP contribution in [0.3, 0.4) is 0 Å². The first-order valence-corrected chi connectivity index (χ1v) is 8.39. The van der Waals surface area contributed by atoms with Crippen LogP contribution in [0.4, 0.5) is 0 Å². The van der Waals surface area contributed by atoms with Crippen molar-refractivity contribution in [2.45, 2.75) is 18.9 Å². The fraction of sp³-hybridized carbons (Fsp3) is 0.529. The third-order valence-electron chi connectivity index (χ3n) is 3.88. The Morgan fingerprint density at radius 3 is 2.71 bits per heavy atom. The second-order valence-corrected chi connectivity index (χ2v) is 6.13. The minimum Gasteiger partial charge on any atom is -0.382 e. The average Bonchev–Trinajstić information content (AvgIpc) is 2.59. The largest absolute Gasteiger partial charge is 0.382 e. The summed E-state index contributed by atoms with van der Waals surface area (Å²) in [7, 11) is 1.59. The molecule has 1 aliphatic heterocycles. The summed E-state index contributed by atoms with van der Waals surface area (Å²) in [5, 5.41) is 3.49. The standard InChI is InChI=1S/C17H23ClN2O4/c1-23-9-10-24-12-16(21)19-15-5-7-20(8-6-15)17(22)13-3-2-4-14(18)11-13/h2-4,11,15H,5-10,12H2,1H3,(H,19,21). The number of amides is 2. The minimum absolute atomic E-state index is 0.0230. The number of nitrogens with one attached hydrogen (secondary N) is 1. The molecule has 0 spiro atoms. The number of nitrogens with zero attached hydrogens (tertiary/aromatic N) is 1. The molecular weight excluding hydrogens is 332 g/mol. The molecule has 24 heavy (non-hydrogen) atoms. The van der Waals surface area contributed by atoms with E-state index in [2.05, 4.69) is 5.32 Å². The van der Waals surface area contributed by atoms with Gasteiger partial charge in [-0.25, -0.2) is 0 Å². The molecule has 0 atom stereocenters. The maximum Gasteiger partial charge on any atom is 0.253 e. The van der Waals surface area contributed by atoms with Gasteiger partial charge in [0.15, 0.2) is 0 Å². The molecule has 1 aromatic carbocycles. The Hall–Kier alpha value is -1.63. The molecule has 1 N–H and O–H groups in total. The fourth-order valence-electron chi connectivity index (χ4n) is 2.61. The van der Waals surface area contributed by atoms with Crippen molar-refractivity contribution in [3.05, 3.63) is 34.9 Å². The lowest BCUT2D eigenvalue weighted by Crippen LogP contribution is -2.47. The van der Waals surface area contributed by atoms with E-state index in [9.17, 15) is 9.59 Å². The van der Waals surface area contributed by atoms with E-state index in [1.165, 1.54) is 0 Å². The number of hydrogen-bond acceptors (Lipinski definition) is 4. The summed E-state index contributed by atoms with van der Waals surface area (Å²) in [6.45, 7) is 2.13. The van der Waals surface area contributed by atoms with Crippen LogP contribution in [-0.4, -0.2) is 62.8 Å². The Morgan fingerprint density at radius 1 is 1.29 bits per heavy atom. The van der Waals surface area contributed by atoms with Gasteiger partial charge < -0.3 is 19.7 Å². The van der Waals surface area contributed by atoms with E-state index >= 15 is 0 Å². The van der Waals surface area contributed by atoms with E-state index < -0.39 is 0 Å². The van der Waals surface area contributed by atoms with Gasteiger partial charge in [-0.15, -0.1) is 0 Å². The maximum absolute atomic E-state index is 12.4. The van der Waals surface area contributed by atoms with Gasteiger partial charge in [-0.2, -0.15) is 0 Å². The Bertz CT molecular complexity index is 559. The fourth-order valence-corrected chi connectivity index (χ4v) is 2.80. The number of carbonyl (C=O) groups is 2. The lowest BCUT2D eigenvalue weighted by atomic mass is 10.0. The Morgan fingerprint density at radius 2 is 2.04 bits per heavy atom. The number of hydrogen-bond donors (Lipinski definition) is 1. The Kier molecular flexibility index (Phi) is 7.49. The zero-order chi connectivity index (χ0) is 17.4. The monoisotopic (exact) mass is 354 g/mol. The molecule has 6 nitrogen and oxygen atoms in total. The summed E-state index contributed by atoms with van der Waals surface area (Å²) in [6.07, 6.45) is 1.46. The highest BCUT2D eigenvalue weighted by molar-refractivity contribution is 6.30. The first-order chi connectivity index (χ1) is 11.6. The van der Waals surface area contributed by atoms with Crippen LogP contribution >= 0.6 is 11.6 Å². The van der Waals surface area contributed by atoms with Crippen molar-refractivity contribution in [2.24, 2.45) is 0 Å². The highest BCUT2D eigenvalue weighted by atomic mass is 35.5. The van der Waals surface area contributed by atoms with Crippen molar-refractivity contribution in [3.63, 3.8) is 0 Å². The predicted octanol–water partition coefficient (Wildman–Crippen LogP) is 1.72. The Labute approximate surface area is 147 Å². The summed E-state index contributed by atoms with van der Waals surface area (Å²) < 4.78 is 10.0. The van der Waals surface area contributed by atoms with Crippen molar-refractivity contribution in [2.75, 3.05) is 40.0 Å². The van der Waals surface area contributed by atoms with Crippen LogP contribution in [0.15, 0.2) is 24.3 Å². The zero-order valence-electron chi connectivity index (χ0n) is 13.8. The summed E-state index contributed by atoms with van der Waals surface area (Å²) in [4.78, 5) is 26.0. The van der Waals surface area contributed by atoms with E-state index in [-0.39, 0.29) is 24.5 Å². The Balaban J connectivity index is 1.73. The molecule has 1 aromatic rings. The lowest BCUT2D eigenvalue weighted by molar-refractivity contribution is -0.127. The molecule has 1 heterocycles. The average molecular weight is 355 g/mol. The van der Waals surface area contributed by atoms with Gasteiger partial charge in [0.1, 0.15) is 6.61 Å². The highest BCUT2D eigenvalue weighted by Crippen LogP contribution is 2.16. The molecular formula is C17H23ClN2O4. The van der Waals surface area contributed by atoms with Crippen LogP contribution in [0.25, 0.3) is 0 Å². The molecule has 0 aliphatic carbocycles. The molecule has 0 unspecified atom stereocenters. The van der Waals surface area contributed by atoms with Crippen LogP contribution in [0.5, 0.6) is 0 Å². The normalized spacial score (nSPS) is 15.3. The van der Waals surface area contributed by atoms with Gasteiger partial charge in [0.25, 0.3) is 5.91 Å². The van der Waals surface area contributed by atoms with Gasteiger partial charge in [-0.3, -0.25) is 9.59 Å². The number of rotatable bonds is 7. The summed E-state index contributed by atoms with van der Waals surface area (Å²) >= 11 is 5.93. The number of halogens is 1. The van der Waals surface area contributed by atoms with Crippen molar-refractivity contribution < 1.29 is 19.1 Å². The quantitative estimate of drug-likeness (QED) is 0.757. The van der Waals surface area contributed by atoms with Crippen LogP contribution < -0.4 is 5.32 Å². The summed E-state index contributed by atoms with van der Waals surface area (Å²) in [5.74, 6) is -0.157. The molecule has 0 saturated carbocycles. The third kappa shape index (κ3) is 5.78. The number of piperidine rings is 1. The van der Waals surface area contributed by atoms with E-state index in [0.717, 1.165) is 12.8 Å².